The average Bonchev–Trinajstić information content (AvgIpc) is 3.52. The number of esters is 1. The predicted molar refractivity (Wildman–Crippen MR) is 196 cm³/mol. The Labute approximate surface area is 320 Å². The average molecular weight is 803 g/mol. The van der Waals surface area contributed by atoms with Crippen LogP contribution >= 0.6 is 11.6 Å². The Bertz CT molecular complexity index is 2150. The summed E-state index contributed by atoms with van der Waals surface area (Å²) in [6.45, 7) is 2.83. The molecule has 18 heteroatoms. The number of ether oxygens (including phenoxy) is 3. The SMILES string of the molecule is CCOC(=O)C1CC2(CCN(c3cc(O[C@H](c4ccc(Cl)cc4-c4cccc(S(N)(=O)=O)c4)C(F)(F)F)nc(N)n3)CC2)CN1C(=O)OCc1ccccc1. The number of likely N-dealkylation sites (tertiary alicyclic amines) is 1. The van der Waals surface area contributed by atoms with Gasteiger partial charge in [0.25, 0.3) is 0 Å². The van der Waals surface area contributed by atoms with Crippen molar-refractivity contribution in [3.05, 3.63) is 95.0 Å². The second-order valence-electron chi connectivity index (χ2n) is 13.4. The zero-order valence-electron chi connectivity index (χ0n) is 29.5. The summed E-state index contributed by atoms with van der Waals surface area (Å²) in [5.41, 5.74) is 6.02. The van der Waals surface area contributed by atoms with Crippen LogP contribution in [0.5, 0.6) is 5.88 Å². The Hall–Kier alpha value is -5.13. The van der Waals surface area contributed by atoms with Gasteiger partial charge in [-0.1, -0.05) is 60.1 Å². The molecule has 3 aromatic carbocycles. The molecule has 1 spiro atoms. The molecule has 55 heavy (non-hydrogen) atoms. The number of nitrogen functional groups attached to an aromatic ring is 1. The van der Waals surface area contributed by atoms with E-state index in [2.05, 4.69) is 9.97 Å². The number of hydrogen-bond donors (Lipinski definition) is 2. The van der Waals surface area contributed by atoms with Gasteiger partial charge in [0, 0.05) is 36.3 Å². The number of primary sulfonamides is 1. The van der Waals surface area contributed by atoms with E-state index in [0.717, 1.165) is 17.7 Å². The Morgan fingerprint density at radius 3 is 2.40 bits per heavy atom. The molecule has 2 atom stereocenters. The minimum atomic E-state index is -4.98. The fourth-order valence-corrected chi connectivity index (χ4v) is 7.73. The number of rotatable bonds is 10. The van der Waals surface area contributed by atoms with Gasteiger partial charge in [-0.05, 0) is 72.6 Å². The summed E-state index contributed by atoms with van der Waals surface area (Å²) < 4.78 is 84.9. The topological polar surface area (TPSA) is 180 Å². The zero-order chi connectivity index (χ0) is 39.5. The molecule has 0 aliphatic carbocycles. The van der Waals surface area contributed by atoms with E-state index in [1.807, 2.05) is 35.2 Å². The van der Waals surface area contributed by atoms with Gasteiger partial charge < -0.3 is 24.8 Å². The summed E-state index contributed by atoms with van der Waals surface area (Å²) in [6.07, 6.45) is -6.85. The number of amides is 1. The van der Waals surface area contributed by atoms with Crippen molar-refractivity contribution in [3.63, 3.8) is 0 Å². The number of alkyl halides is 3. The van der Waals surface area contributed by atoms with Crippen molar-refractivity contribution >= 4 is 45.5 Å². The third-order valence-corrected chi connectivity index (χ3v) is 10.8. The van der Waals surface area contributed by atoms with Gasteiger partial charge in [-0.15, -0.1) is 0 Å². The van der Waals surface area contributed by atoms with Gasteiger partial charge in [-0.2, -0.15) is 23.1 Å². The predicted octanol–water partition coefficient (Wildman–Crippen LogP) is 6.27. The lowest BCUT2D eigenvalue weighted by Crippen LogP contribution is -2.43. The quantitative estimate of drug-likeness (QED) is 0.173. The number of nitrogens with zero attached hydrogens (tertiary/aromatic N) is 4. The number of anilines is 2. The van der Waals surface area contributed by atoms with E-state index < -0.39 is 51.7 Å². The van der Waals surface area contributed by atoms with Crippen LogP contribution < -0.4 is 20.5 Å². The molecule has 1 amide bonds. The maximum Gasteiger partial charge on any atom is 0.429 e. The van der Waals surface area contributed by atoms with Crippen LogP contribution in [0.4, 0.5) is 29.7 Å². The van der Waals surface area contributed by atoms with Crippen LogP contribution in [-0.2, 0) is 30.9 Å². The lowest BCUT2D eigenvalue weighted by molar-refractivity contribution is -0.198. The van der Waals surface area contributed by atoms with Gasteiger partial charge >= 0.3 is 18.2 Å². The molecule has 6 rings (SSSR count). The molecule has 4 aromatic rings. The molecule has 2 fully saturated rings. The summed E-state index contributed by atoms with van der Waals surface area (Å²) in [5.74, 6) is -1.10. The molecule has 4 N–H and O–H groups in total. The van der Waals surface area contributed by atoms with Crippen LogP contribution in [-0.4, -0.2) is 73.8 Å². The third kappa shape index (κ3) is 9.23. The smallest absolute Gasteiger partial charge is 0.429 e. The fourth-order valence-electron chi connectivity index (χ4n) is 7.00. The monoisotopic (exact) mass is 802 g/mol. The lowest BCUT2D eigenvalue weighted by atomic mass is 9.76. The number of piperidine rings is 1. The van der Waals surface area contributed by atoms with Crippen LogP contribution in [0.25, 0.3) is 11.1 Å². The highest BCUT2D eigenvalue weighted by atomic mass is 35.5. The summed E-state index contributed by atoms with van der Waals surface area (Å²) in [4.78, 5) is 37.4. The molecule has 1 aromatic heterocycles. The molecular weight excluding hydrogens is 765 g/mol. The van der Waals surface area contributed by atoms with Crippen LogP contribution in [0.15, 0.2) is 83.8 Å². The Kier molecular flexibility index (Phi) is 11.5. The van der Waals surface area contributed by atoms with E-state index in [-0.39, 0.29) is 58.1 Å². The van der Waals surface area contributed by atoms with Gasteiger partial charge in [0.2, 0.25) is 28.0 Å². The van der Waals surface area contributed by atoms with Gasteiger partial charge in [0.15, 0.2) is 0 Å². The Morgan fingerprint density at radius 2 is 1.73 bits per heavy atom. The third-order valence-electron chi connectivity index (χ3n) is 9.67. The van der Waals surface area contributed by atoms with Crippen molar-refractivity contribution < 1.29 is 45.4 Å². The largest absolute Gasteiger partial charge is 0.464 e. The molecule has 0 bridgehead atoms. The second-order valence-corrected chi connectivity index (χ2v) is 15.4. The molecule has 2 aliphatic heterocycles. The van der Waals surface area contributed by atoms with Gasteiger partial charge in [-0.3, -0.25) is 4.90 Å². The van der Waals surface area contributed by atoms with Crippen molar-refractivity contribution in [1.29, 1.82) is 0 Å². The number of carbonyl (C=O) groups excluding carboxylic acids is 2. The first-order valence-electron chi connectivity index (χ1n) is 17.2. The van der Waals surface area contributed by atoms with Crippen molar-refractivity contribution in [3.8, 4) is 17.0 Å². The van der Waals surface area contributed by atoms with Gasteiger partial charge in [0.05, 0.1) is 11.5 Å². The number of aromatic nitrogens is 2. The van der Waals surface area contributed by atoms with Crippen molar-refractivity contribution in [2.24, 2.45) is 10.6 Å². The first-order valence-corrected chi connectivity index (χ1v) is 19.2. The van der Waals surface area contributed by atoms with Crippen LogP contribution in [0.3, 0.4) is 0 Å². The fraction of sp³-hybridized carbons (Fsp3) is 0.351. The number of benzene rings is 3. The van der Waals surface area contributed by atoms with E-state index >= 15 is 0 Å². The number of carbonyl (C=O) groups is 2. The van der Waals surface area contributed by atoms with Gasteiger partial charge in [0.1, 0.15) is 18.5 Å². The van der Waals surface area contributed by atoms with Crippen molar-refractivity contribution in [2.75, 3.05) is 36.9 Å². The highest BCUT2D eigenvalue weighted by Crippen LogP contribution is 2.46. The van der Waals surface area contributed by atoms with E-state index in [0.29, 0.717) is 32.4 Å². The number of hydrogen-bond acceptors (Lipinski definition) is 11. The van der Waals surface area contributed by atoms with Crippen LogP contribution in [0, 0.1) is 5.41 Å². The molecule has 3 heterocycles. The molecule has 1 unspecified atom stereocenters. The molecule has 0 saturated carbocycles. The van der Waals surface area contributed by atoms with Crippen LogP contribution in [0.2, 0.25) is 5.02 Å². The van der Waals surface area contributed by atoms with Crippen molar-refractivity contribution in [1.82, 2.24) is 14.9 Å². The molecular formula is C37H38ClF3N6O7S. The number of sulfonamides is 1. The minimum absolute atomic E-state index is 0.0341. The molecule has 292 valence electrons. The zero-order valence-corrected chi connectivity index (χ0v) is 31.1. The maximum atomic E-state index is 14.8. The van der Waals surface area contributed by atoms with E-state index in [4.69, 9.17) is 36.7 Å². The summed E-state index contributed by atoms with van der Waals surface area (Å²) in [7, 11) is -4.17. The van der Waals surface area contributed by atoms with Crippen molar-refractivity contribution in [2.45, 2.75) is 56.0 Å². The lowest BCUT2D eigenvalue weighted by Gasteiger charge is -2.39. The first kappa shape index (κ1) is 39.6. The van der Waals surface area contributed by atoms with E-state index in [1.165, 1.54) is 41.3 Å². The number of nitrogens with two attached hydrogens (primary N) is 2. The minimum Gasteiger partial charge on any atom is -0.464 e. The summed E-state index contributed by atoms with van der Waals surface area (Å²) in [5, 5.41) is 5.37. The summed E-state index contributed by atoms with van der Waals surface area (Å²) in [6, 6.07) is 18.4. The number of halogens is 4. The first-order chi connectivity index (χ1) is 26.0. The molecule has 2 saturated heterocycles. The van der Waals surface area contributed by atoms with Gasteiger partial charge in [-0.25, -0.2) is 23.1 Å². The molecule has 0 radical (unpaired) electrons. The van der Waals surface area contributed by atoms with E-state index in [1.54, 1.807) is 6.92 Å². The normalized spacial score (nSPS) is 17.5. The maximum absolute atomic E-state index is 14.8. The van der Waals surface area contributed by atoms with Crippen LogP contribution in [0.1, 0.15) is 43.4 Å². The Morgan fingerprint density at radius 1 is 1.00 bits per heavy atom. The standard InChI is InChI=1S/C37H38ClF3N6O7S/c1-2-52-33(48)29-20-36(22-47(29)35(49)53-21-23-7-4-3-5-8-23)13-15-46(16-14-36)30-19-31(45-34(42)44-30)54-32(37(39,40)41)27-12-11-25(38)18-28(27)24-9-6-10-26(17-24)55(43,50)51/h3-12,17-19,29,32H,2,13-16,20-22H2,1H3,(H2,42,44,45)(H2,43,50,51)/t29?,32-/m1/s1. The second kappa shape index (κ2) is 15.9. The molecule has 13 nitrogen and oxygen atoms in total. The van der Waals surface area contributed by atoms with E-state index in [9.17, 15) is 31.2 Å². The summed E-state index contributed by atoms with van der Waals surface area (Å²) >= 11 is 6.19. The highest BCUT2D eigenvalue weighted by molar-refractivity contribution is 7.89. The molecule has 2 aliphatic rings. The Balaban J connectivity index is 1.21. The highest BCUT2D eigenvalue weighted by Gasteiger charge is 2.51.